The van der Waals surface area contributed by atoms with Crippen molar-refractivity contribution in [1.29, 1.82) is 0 Å². The van der Waals surface area contributed by atoms with Crippen molar-refractivity contribution in [3.8, 4) is 23.3 Å². The van der Waals surface area contributed by atoms with Gasteiger partial charge in [0.25, 0.3) is 0 Å². The standard InChI is InChI=1S/C35H45BrN6O3S/c1-25(2)41-18-16-40(17-19-41)15-14-38-35(43)44-20-6-7-28-10-11-30(22-27(28)4)45-24-32-33(36)39-34(46-31-12-9-26(3)21-31)42(32)29-8-5-13-37-23-29/h5,8,10-11,13,22-23,25-26,31H,9,12,14-21,24H2,1-4H3,(H,38,43). The van der Waals surface area contributed by atoms with Gasteiger partial charge in [-0.15, -0.1) is 0 Å². The van der Waals surface area contributed by atoms with Gasteiger partial charge in [-0.25, -0.2) is 9.78 Å². The van der Waals surface area contributed by atoms with Gasteiger partial charge < -0.3 is 14.8 Å². The quantitative estimate of drug-likeness (QED) is 0.233. The fourth-order valence-electron chi connectivity index (χ4n) is 5.89. The van der Waals surface area contributed by atoms with Crippen LogP contribution in [0.4, 0.5) is 4.79 Å². The van der Waals surface area contributed by atoms with Gasteiger partial charge in [-0.3, -0.25) is 19.4 Å². The summed E-state index contributed by atoms with van der Waals surface area (Å²) in [6.07, 6.45) is 6.88. The molecule has 1 N–H and O–H groups in total. The molecule has 11 heteroatoms. The largest absolute Gasteiger partial charge is 0.487 e. The minimum Gasteiger partial charge on any atom is -0.487 e. The molecule has 1 aromatic carbocycles. The lowest BCUT2D eigenvalue weighted by Gasteiger charge is -2.36. The van der Waals surface area contributed by atoms with Crippen LogP contribution in [-0.2, 0) is 11.3 Å². The molecule has 3 heterocycles. The van der Waals surface area contributed by atoms with Crippen LogP contribution in [0.15, 0.2) is 52.5 Å². The smallest absolute Gasteiger partial charge is 0.408 e. The van der Waals surface area contributed by atoms with E-state index in [2.05, 4.69) is 73.2 Å². The van der Waals surface area contributed by atoms with E-state index in [1.807, 2.05) is 55.2 Å². The second kappa shape index (κ2) is 16.7. The van der Waals surface area contributed by atoms with Crippen LogP contribution < -0.4 is 10.1 Å². The molecule has 1 aliphatic carbocycles. The summed E-state index contributed by atoms with van der Waals surface area (Å²) >= 11 is 5.55. The Labute approximate surface area is 286 Å². The molecule has 2 fully saturated rings. The van der Waals surface area contributed by atoms with Gasteiger partial charge in [0.1, 0.15) is 17.0 Å². The Morgan fingerprint density at radius 2 is 2.02 bits per heavy atom. The summed E-state index contributed by atoms with van der Waals surface area (Å²) in [6.45, 7) is 14.7. The number of pyridine rings is 1. The number of hydrogen-bond acceptors (Lipinski definition) is 8. The Hall–Kier alpha value is -3.04. The number of nitrogens with one attached hydrogen (secondary N) is 1. The predicted octanol–water partition coefficient (Wildman–Crippen LogP) is 6.30. The van der Waals surface area contributed by atoms with Crippen molar-refractivity contribution in [2.75, 3.05) is 45.9 Å². The first-order chi connectivity index (χ1) is 22.3. The van der Waals surface area contributed by atoms with Gasteiger partial charge in [0.05, 0.1) is 17.6 Å². The van der Waals surface area contributed by atoms with E-state index in [4.69, 9.17) is 14.5 Å². The summed E-state index contributed by atoms with van der Waals surface area (Å²) in [5, 5.41) is 4.35. The van der Waals surface area contributed by atoms with Gasteiger partial charge in [-0.05, 0) is 97.8 Å². The SMILES string of the molecule is Cc1cc(OCc2c(Br)nc(SC3CCC(C)C3)n2-c2cccnc2)ccc1C#CCOC(=O)NCCN1CCN(C(C)C)CC1. The van der Waals surface area contributed by atoms with E-state index in [0.717, 1.165) is 76.7 Å². The number of thioether (sulfide) groups is 1. The zero-order valence-corrected chi connectivity index (χ0v) is 29.7. The van der Waals surface area contributed by atoms with E-state index in [0.29, 0.717) is 24.4 Å². The number of aryl methyl sites for hydroxylation is 1. The first kappa shape index (κ1) is 34.3. The fourth-order valence-corrected chi connectivity index (χ4v) is 7.91. The molecule has 0 radical (unpaired) electrons. The number of amides is 1. The number of alkyl carbamates (subject to hydrolysis) is 1. The molecule has 5 rings (SSSR count). The van der Waals surface area contributed by atoms with Gasteiger partial charge >= 0.3 is 6.09 Å². The Bertz CT molecular complexity index is 1510. The second-order valence-corrected chi connectivity index (χ2v) is 14.4. The first-order valence-electron chi connectivity index (χ1n) is 16.2. The molecule has 0 spiro atoms. The number of carbonyl (C=O) groups is 1. The number of rotatable bonds is 11. The lowest BCUT2D eigenvalue weighted by atomic mass is 10.1. The molecule has 2 unspecified atom stereocenters. The van der Waals surface area contributed by atoms with Crippen molar-refractivity contribution in [2.24, 2.45) is 5.92 Å². The number of halogens is 1. The molecule has 46 heavy (non-hydrogen) atoms. The maximum absolute atomic E-state index is 12.1. The monoisotopic (exact) mass is 708 g/mol. The summed E-state index contributed by atoms with van der Waals surface area (Å²) in [5.74, 6) is 7.57. The minimum absolute atomic E-state index is 0.0308. The summed E-state index contributed by atoms with van der Waals surface area (Å²) in [5.41, 5.74) is 3.75. The zero-order chi connectivity index (χ0) is 32.5. The summed E-state index contributed by atoms with van der Waals surface area (Å²) in [4.78, 5) is 26.2. The molecule has 1 saturated carbocycles. The normalized spacial score (nSPS) is 18.7. The predicted molar refractivity (Wildman–Crippen MR) is 187 cm³/mol. The van der Waals surface area contributed by atoms with E-state index >= 15 is 0 Å². The maximum atomic E-state index is 12.1. The Balaban J connectivity index is 1.11. The number of piperazine rings is 1. The number of aromatic nitrogens is 3. The highest BCUT2D eigenvalue weighted by Crippen LogP contribution is 2.39. The van der Waals surface area contributed by atoms with Crippen LogP contribution in [0.25, 0.3) is 5.69 Å². The topological polar surface area (TPSA) is 84.8 Å². The molecule has 2 aromatic heterocycles. The number of imidazole rings is 1. The summed E-state index contributed by atoms with van der Waals surface area (Å²) in [6, 6.07) is 10.4. The highest BCUT2D eigenvalue weighted by atomic mass is 79.9. The van der Waals surface area contributed by atoms with E-state index < -0.39 is 6.09 Å². The van der Waals surface area contributed by atoms with E-state index in [1.54, 1.807) is 6.20 Å². The molecule has 1 saturated heterocycles. The molecule has 9 nitrogen and oxygen atoms in total. The molecule has 1 amide bonds. The van der Waals surface area contributed by atoms with Crippen molar-refractivity contribution >= 4 is 33.8 Å². The summed E-state index contributed by atoms with van der Waals surface area (Å²) < 4.78 is 14.5. The summed E-state index contributed by atoms with van der Waals surface area (Å²) in [7, 11) is 0. The van der Waals surface area contributed by atoms with Crippen LogP contribution in [-0.4, -0.2) is 87.6 Å². The van der Waals surface area contributed by atoms with Crippen molar-refractivity contribution in [2.45, 2.75) is 70.0 Å². The van der Waals surface area contributed by atoms with Gasteiger partial charge in [0.2, 0.25) is 0 Å². The van der Waals surface area contributed by atoms with Crippen LogP contribution >= 0.6 is 27.7 Å². The third-order valence-corrected chi connectivity index (χ3v) is 10.5. The van der Waals surface area contributed by atoms with Gasteiger partial charge in [-0.1, -0.05) is 30.5 Å². The Morgan fingerprint density at radius 1 is 1.20 bits per heavy atom. The lowest BCUT2D eigenvalue weighted by molar-refractivity contribution is 0.108. The molecule has 2 aliphatic rings. The second-order valence-electron chi connectivity index (χ2n) is 12.4. The lowest BCUT2D eigenvalue weighted by Crippen LogP contribution is -2.50. The number of ether oxygens (including phenoxy) is 2. The number of nitrogens with zero attached hydrogens (tertiary/aromatic N) is 5. The van der Waals surface area contributed by atoms with E-state index in [9.17, 15) is 4.79 Å². The van der Waals surface area contributed by atoms with Crippen molar-refractivity contribution in [1.82, 2.24) is 29.7 Å². The third-order valence-electron chi connectivity index (χ3n) is 8.62. The van der Waals surface area contributed by atoms with Crippen molar-refractivity contribution in [3.05, 3.63) is 64.1 Å². The molecule has 3 aromatic rings. The van der Waals surface area contributed by atoms with Crippen LogP contribution in [0, 0.1) is 24.7 Å². The fraction of sp³-hybridized carbons (Fsp3) is 0.514. The molecular weight excluding hydrogens is 664 g/mol. The van der Waals surface area contributed by atoms with Crippen molar-refractivity contribution < 1.29 is 14.3 Å². The zero-order valence-electron chi connectivity index (χ0n) is 27.3. The van der Waals surface area contributed by atoms with Crippen LogP contribution in [0.1, 0.15) is 56.9 Å². The molecule has 1 aliphatic heterocycles. The van der Waals surface area contributed by atoms with Crippen LogP contribution in [0.2, 0.25) is 0 Å². The average molecular weight is 710 g/mol. The van der Waals surface area contributed by atoms with Gasteiger partial charge in [0.15, 0.2) is 11.8 Å². The van der Waals surface area contributed by atoms with Crippen LogP contribution in [0.3, 0.4) is 0 Å². The maximum Gasteiger partial charge on any atom is 0.408 e. The Kier molecular flexibility index (Phi) is 12.4. The Morgan fingerprint density at radius 3 is 2.72 bits per heavy atom. The number of carbonyl (C=O) groups excluding carboxylic acids is 1. The first-order valence-corrected chi connectivity index (χ1v) is 17.9. The highest BCUT2D eigenvalue weighted by molar-refractivity contribution is 9.10. The van der Waals surface area contributed by atoms with Gasteiger partial charge in [0, 0.05) is 62.3 Å². The van der Waals surface area contributed by atoms with Crippen LogP contribution in [0.5, 0.6) is 5.75 Å². The highest BCUT2D eigenvalue weighted by Gasteiger charge is 2.26. The van der Waals surface area contributed by atoms with Crippen molar-refractivity contribution in [3.63, 3.8) is 0 Å². The average Bonchev–Trinajstić information content (AvgIpc) is 3.60. The molecule has 246 valence electrons. The molecular formula is C35H45BrN6O3S. The number of benzene rings is 1. The number of hydrogen-bond donors (Lipinski definition) is 1. The minimum atomic E-state index is -0.438. The van der Waals surface area contributed by atoms with Gasteiger partial charge in [-0.2, -0.15) is 0 Å². The van der Waals surface area contributed by atoms with E-state index in [-0.39, 0.29) is 6.61 Å². The third kappa shape index (κ3) is 9.50. The van der Waals surface area contributed by atoms with E-state index in [1.165, 1.54) is 19.3 Å². The molecule has 0 bridgehead atoms. The molecule has 2 atom stereocenters.